The van der Waals surface area contributed by atoms with Crippen molar-refractivity contribution in [3.05, 3.63) is 51.2 Å². The minimum absolute atomic E-state index is 0.418. The van der Waals surface area contributed by atoms with Gasteiger partial charge in [-0.2, -0.15) is 0 Å². The summed E-state index contributed by atoms with van der Waals surface area (Å²) in [6.07, 6.45) is 0. The minimum atomic E-state index is 0.418. The largest absolute Gasteiger partial charge is 0.303 e. The molecular weight excluding hydrogens is 270 g/mol. The van der Waals surface area contributed by atoms with E-state index < -0.39 is 0 Å². The van der Waals surface area contributed by atoms with E-state index in [1.54, 1.807) is 0 Å². The maximum atomic E-state index is 3.79. The number of thioether (sulfide) groups is 1. The zero-order valence-corrected chi connectivity index (χ0v) is 13.2. The molecule has 0 spiro atoms. The second kappa shape index (κ2) is 5.31. The highest BCUT2D eigenvalue weighted by molar-refractivity contribution is 7.99. The predicted molar refractivity (Wildman–Crippen MR) is 85.3 cm³/mol. The third-order valence-electron chi connectivity index (χ3n) is 3.70. The van der Waals surface area contributed by atoms with Gasteiger partial charge in [0.2, 0.25) is 0 Å². The molecule has 1 nitrogen and oxygen atoms in total. The summed E-state index contributed by atoms with van der Waals surface area (Å²) in [6.45, 7) is 6.69. The number of fused-ring (bicyclic) bond motifs is 1. The molecule has 3 rings (SSSR count). The van der Waals surface area contributed by atoms with Gasteiger partial charge in [-0.3, -0.25) is 0 Å². The van der Waals surface area contributed by atoms with Crippen molar-refractivity contribution in [2.45, 2.75) is 37.8 Å². The van der Waals surface area contributed by atoms with E-state index in [0.717, 1.165) is 5.75 Å². The highest BCUT2D eigenvalue weighted by Crippen LogP contribution is 2.39. The predicted octanol–water partition coefficient (Wildman–Crippen LogP) is 4.86. The van der Waals surface area contributed by atoms with Gasteiger partial charge in [0.15, 0.2) is 0 Å². The number of benzene rings is 1. The molecule has 0 saturated heterocycles. The first-order valence-electron chi connectivity index (χ1n) is 6.70. The van der Waals surface area contributed by atoms with E-state index >= 15 is 0 Å². The molecule has 2 atom stereocenters. The van der Waals surface area contributed by atoms with E-state index in [9.17, 15) is 0 Å². The van der Waals surface area contributed by atoms with Crippen LogP contribution in [-0.4, -0.2) is 5.75 Å². The van der Waals surface area contributed by atoms with Crippen LogP contribution in [0.15, 0.2) is 35.2 Å². The van der Waals surface area contributed by atoms with Gasteiger partial charge in [0.05, 0.1) is 0 Å². The standard InChI is InChI=1S/C16H19NS2/c1-10-8-14(12(3)19-10)11(2)17-15-9-18-16-7-5-4-6-13(15)16/h4-8,11,15,17H,9H2,1-3H3. The maximum Gasteiger partial charge on any atom is 0.0431 e. The number of thiophene rings is 1. The van der Waals surface area contributed by atoms with Gasteiger partial charge in [-0.15, -0.1) is 23.1 Å². The molecule has 0 fully saturated rings. The van der Waals surface area contributed by atoms with Crippen LogP contribution in [0.2, 0.25) is 0 Å². The summed E-state index contributed by atoms with van der Waals surface area (Å²) in [5.74, 6) is 1.14. The lowest BCUT2D eigenvalue weighted by atomic mass is 10.0. The quantitative estimate of drug-likeness (QED) is 0.865. The van der Waals surface area contributed by atoms with E-state index in [4.69, 9.17) is 0 Å². The monoisotopic (exact) mass is 289 g/mol. The number of rotatable bonds is 3. The maximum absolute atomic E-state index is 3.79. The van der Waals surface area contributed by atoms with Crippen molar-refractivity contribution in [2.24, 2.45) is 0 Å². The fraction of sp³-hybridized carbons (Fsp3) is 0.375. The number of nitrogens with one attached hydrogen (secondary N) is 1. The molecule has 0 saturated carbocycles. The normalized spacial score (nSPS) is 19.4. The lowest BCUT2D eigenvalue weighted by Crippen LogP contribution is -2.24. The molecular formula is C16H19NS2. The molecule has 0 bridgehead atoms. The van der Waals surface area contributed by atoms with Crippen molar-refractivity contribution in [3.63, 3.8) is 0 Å². The SMILES string of the molecule is Cc1cc(C(C)NC2CSc3ccccc32)c(C)s1. The summed E-state index contributed by atoms with van der Waals surface area (Å²) in [6, 6.07) is 12.0. The summed E-state index contributed by atoms with van der Waals surface area (Å²) in [5.41, 5.74) is 2.92. The second-order valence-electron chi connectivity index (χ2n) is 5.16. The lowest BCUT2D eigenvalue weighted by Gasteiger charge is -2.20. The van der Waals surface area contributed by atoms with Gasteiger partial charge in [-0.05, 0) is 44.0 Å². The van der Waals surface area contributed by atoms with Gasteiger partial charge in [0.25, 0.3) is 0 Å². The Hall–Kier alpha value is -0.770. The van der Waals surface area contributed by atoms with Crippen LogP contribution in [-0.2, 0) is 0 Å². The van der Waals surface area contributed by atoms with Gasteiger partial charge in [0, 0.05) is 32.5 Å². The molecule has 2 unspecified atom stereocenters. The van der Waals surface area contributed by atoms with Crippen LogP contribution in [0.3, 0.4) is 0 Å². The van der Waals surface area contributed by atoms with Gasteiger partial charge in [-0.1, -0.05) is 18.2 Å². The lowest BCUT2D eigenvalue weighted by molar-refractivity contribution is 0.501. The molecule has 3 heteroatoms. The Morgan fingerprint density at radius 2 is 2.05 bits per heavy atom. The summed E-state index contributed by atoms with van der Waals surface area (Å²) in [4.78, 5) is 4.28. The smallest absolute Gasteiger partial charge is 0.0431 e. The first-order chi connectivity index (χ1) is 9.15. The van der Waals surface area contributed by atoms with Crippen molar-refractivity contribution in [1.29, 1.82) is 0 Å². The molecule has 100 valence electrons. The van der Waals surface area contributed by atoms with E-state index in [2.05, 4.69) is 56.4 Å². The van der Waals surface area contributed by atoms with Crippen LogP contribution in [0.4, 0.5) is 0 Å². The fourth-order valence-corrected chi connectivity index (χ4v) is 4.97. The Morgan fingerprint density at radius 3 is 2.79 bits per heavy atom. The Bertz CT molecular complexity index is 588. The Balaban J connectivity index is 1.78. The van der Waals surface area contributed by atoms with E-state index in [1.807, 2.05) is 23.1 Å². The van der Waals surface area contributed by atoms with Gasteiger partial charge < -0.3 is 5.32 Å². The Labute approximate surface area is 123 Å². The highest BCUT2D eigenvalue weighted by atomic mass is 32.2. The molecule has 19 heavy (non-hydrogen) atoms. The van der Waals surface area contributed by atoms with Crippen LogP contribution in [0.1, 0.15) is 39.9 Å². The molecule has 1 aromatic heterocycles. The highest BCUT2D eigenvalue weighted by Gasteiger charge is 2.24. The molecule has 1 aromatic carbocycles. The summed E-state index contributed by atoms with van der Waals surface area (Å²) in [5, 5.41) is 3.79. The average Bonchev–Trinajstić information content (AvgIpc) is 2.94. The van der Waals surface area contributed by atoms with E-state index in [0.29, 0.717) is 12.1 Å². The molecule has 0 radical (unpaired) electrons. The zero-order valence-electron chi connectivity index (χ0n) is 11.6. The zero-order chi connectivity index (χ0) is 13.4. The van der Waals surface area contributed by atoms with Crippen LogP contribution in [0.25, 0.3) is 0 Å². The topological polar surface area (TPSA) is 12.0 Å². The van der Waals surface area contributed by atoms with Crippen molar-refractivity contribution in [1.82, 2.24) is 5.32 Å². The summed E-state index contributed by atoms with van der Waals surface area (Å²) >= 11 is 3.86. The Kier molecular flexibility index (Phi) is 3.70. The minimum Gasteiger partial charge on any atom is -0.303 e. The third kappa shape index (κ3) is 2.60. The van der Waals surface area contributed by atoms with E-state index in [-0.39, 0.29) is 0 Å². The fourth-order valence-electron chi connectivity index (χ4n) is 2.77. The van der Waals surface area contributed by atoms with Gasteiger partial charge in [0.1, 0.15) is 0 Å². The van der Waals surface area contributed by atoms with Crippen LogP contribution in [0, 0.1) is 13.8 Å². The summed E-state index contributed by atoms with van der Waals surface area (Å²) in [7, 11) is 0. The molecule has 0 amide bonds. The molecule has 1 aliphatic heterocycles. The summed E-state index contributed by atoms with van der Waals surface area (Å²) < 4.78 is 0. The number of hydrogen-bond donors (Lipinski definition) is 1. The van der Waals surface area contributed by atoms with Gasteiger partial charge in [-0.25, -0.2) is 0 Å². The van der Waals surface area contributed by atoms with Crippen molar-refractivity contribution >= 4 is 23.1 Å². The molecule has 1 aliphatic rings. The first-order valence-corrected chi connectivity index (χ1v) is 8.50. The van der Waals surface area contributed by atoms with Crippen LogP contribution in [0.5, 0.6) is 0 Å². The Morgan fingerprint density at radius 1 is 1.26 bits per heavy atom. The third-order valence-corrected chi connectivity index (χ3v) is 5.86. The molecule has 2 aromatic rings. The molecule has 1 N–H and O–H groups in total. The number of aryl methyl sites for hydroxylation is 2. The van der Waals surface area contributed by atoms with Crippen molar-refractivity contribution in [2.75, 3.05) is 5.75 Å². The second-order valence-corrected chi connectivity index (χ2v) is 7.68. The van der Waals surface area contributed by atoms with Crippen molar-refractivity contribution < 1.29 is 0 Å². The molecule has 0 aliphatic carbocycles. The number of hydrogen-bond acceptors (Lipinski definition) is 3. The molecule has 2 heterocycles. The first kappa shape index (κ1) is 13.2. The average molecular weight is 289 g/mol. The van der Waals surface area contributed by atoms with E-state index in [1.165, 1.54) is 25.8 Å². The van der Waals surface area contributed by atoms with Gasteiger partial charge >= 0.3 is 0 Å². The van der Waals surface area contributed by atoms with Crippen molar-refractivity contribution in [3.8, 4) is 0 Å². The van der Waals surface area contributed by atoms with Crippen LogP contribution >= 0.6 is 23.1 Å². The van der Waals surface area contributed by atoms with Crippen LogP contribution < -0.4 is 5.32 Å².